The summed E-state index contributed by atoms with van der Waals surface area (Å²) in [4.78, 5) is 48.6. The predicted octanol–water partition coefficient (Wildman–Crippen LogP) is 3.94. The van der Waals surface area contributed by atoms with E-state index in [0.29, 0.717) is 40.6 Å². The maximum atomic E-state index is 14.1. The van der Waals surface area contributed by atoms with Crippen molar-refractivity contribution in [1.82, 2.24) is 19.8 Å². The number of aryl methyl sites for hydroxylation is 1. The molecule has 2 aromatic rings. The van der Waals surface area contributed by atoms with Gasteiger partial charge >= 0.3 is 0 Å². The van der Waals surface area contributed by atoms with Gasteiger partial charge in [0.1, 0.15) is 11.9 Å². The molecule has 1 aromatic heterocycles. The van der Waals surface area contributed by atoms with Crippen LogP contribution in [0.2, 0.25) is 0 Å². The summed E-state index contributed by atoms with van der Waals surface area (Å²) < 4.78 is 1.53. The van der Waals surface area contributed by atoms with Crippen LogP contribution in [-0.2, 0) is 9.59 Å². The van der Waals surface area contributed by atoms with E-state index in [-0.39, 0.29) is 17.9 Å². The molecule has 4 aliphatic carbocycles. The molecule has 0 radical (unpaired) electrons. The van der Waals surface area contributed by atoms with Gasteiger partial charge in [0, 0.05) is 31.6 Å². The second-order valence-corrected chi connectivity index (χ2v) is 14.2. The Balaban J connectivity index is 1.05. The predicted molar refractivity (Wildman–Crippen MR) is 153 cm³/mol. The lowest BCUT2D eigenvalue weighted by molar-refractivity contribution is -0.135. The van der Waals surface area contributed by atoms with E-state index in [1.165, 1.54) is 56.1 Å². The molecule has 7 fully saturated rings. The standard InChI is InChI=1S/C32H41N5O3/c1-19-33-25-3-2-4-26(29(25)31(40)36(19)27-7-8-28(38)34-30(27)39)37-23-5-6-24(37)18-35(17-23)10-9-32-14-20-11-21(15-32)13-22(12-20)16-32/h2-4,20-24,27H,5-18H2,1H3,(H,34,38,39)/t20?,21?,22?,23-,24-,27-,32?/m1/s1. The number of piperidine rings is 1. The highest BCUT2D eigenvalue weighted by Gasteiger charge is 2.51. The molecular weight excluding hydrogens is 502 g/mol. The van der Waals surface area contributed by atoms with Crippen LogP contribution in [-0.4, -0.2) is 58.0 Å². The fourth-order valence-electron chi connectivity index (χ4n) is 10.4. The molecule has 3 aliphatic heterocycles. The number of hydrogen-bond acceptors (Lipinski definition) is 6. The molecule has 2 amide bonds. The first-order valence-electron chi connectivity index (χ1n) is 15.7. The number of nitrogens with zero attached hydrogens (tertiary/aromatic N) is 4. The molecule has 1 N–H and O–H groups in total. The Hall–Kier alpha value is -2.74. The topological polar surface area (TPSA) is 87.5 Å². The smallest absolute Gasteiger partial charge is 0.264 e. The molecule has 6 bridgehead atoms. The largest absolute Gasteiger partial charge is 0.362 e. The number of likely N-dealkylation sites (tertiary alicyclic amines) is 1. The van der Waals surface area contributed by atoms with E-state index in [9.17, 15) is 14.4 Å². The highest BCUT2D eigenvalue weighted by Crippen LogP contribution is 2.61. The van der Waals surface area contributed by atoms with Gasteiger partial charge < -0.3 is 4.90 Å². The molecule has 212 valence electrons. The highest BCUT2D eigenvalue weighted by atomic mass is 16.2. The molecule has 8 nitrogen and oxygen atoms in total. The molecule has 3 atom stereocenters. The van der Waals surface area contributed by atoms with Crippen molar-refractivity contribution in [3.8, 4) is 0 Å². The van der Waals surface area contributed by atoms with Crippen LogP contribution in [0, 0.1) is 30.1 Å². The molecule has 7 aliphatic rings. The zero-order valence-corrected chi connectivity index (χ0v) is 23.6. The number of nitrogens with one attached hydrogen (secondary N) is 1. The van der Waals surface area contributed by atoms with Crippen molar-refractivity contribution in [2.24, 2.45) is 23.2 Å². The highest BCUT2D eigenvalue weighted by molar-refractivity contribution is 6.00. The summed E-state index contributed by atoms with van der Waals surface area (Å²) in [6.07, 6.45) is 13.2. The van der Waals surface area contributed by atoms with Crippen molar-refractivity contribution in [2.45, 2.75) is 95.7 Å². The third-order valence-corrected chi connectivity index (χ3v) is 11.6. The summed E-state index contributed by atoms with van der Waals surface area (Å²) in [6.45, 7) is 5.11. The summed E-state index contributed by atoms with van der Waals surface area (Å²) in [7, 11) is 0. The Bertz CT molecular complexity index is 1400. The van der Waals surface area contributed by atoms with E-state index in [1.54, 1.807) is 6.92 Å². The lowest BCUT2D eigenvalue weighted by Crippen LogP contribution is -2.55. The van der Waals surface area contributed by atoms with Gasteiger partial charge in [-0.2, -0.15) is 0 Å². The van der Waals surface area contributed by atoms with Crippen LogP contribution in [0.3, 0.4) is 0 Å². The number of hydrogen-bond donors (Lipinski definition) is 1. The van der Waals surface area contributed by atoms with Crippen molar-refractivity contribution < 1.29 is 9.59 Å². The van der Waals surface area contributed by atoms with Crippen LogP contribution in [0.15, 0.2) is 23.0 Å². The van der Waals surface area contributed by atoms with Gasteiger partial charge in [-0.3, -0.25) is 29.2 Å². The Labute approximate surface area is 235 Å². The molecule has 0 spiro atoms. The molecular formula is C32H41N5O3. The van der Waals surface area contributed by atoms with Crippen LogP contribution in [0.25, 0.3) is 10.9 Å². The second-order valence-electron chi connectivity index (χ2n) is 14.2. The van der Waals surface area contributed by atoms with Crippen LogP contribution in [0.4, 0.5) is 5.69 Å². The van der Waals surface area contributed by atoms with Gasteiger partial charge in [-0.25, -0.2) is 4.98 Å². The zero-order valence-electron chi connectivity index (χ0n) is 23.6. The molecule has 8 heteroatoms. The maximum absolute atomic E-state index is 14.1. The van der Waals surface area contributed by atoms with E-state index in [0.717, 1.165) is 49.4 Å². The third-order valence-electron chi connectivity index (χ3n) is 11.6. The van der Waals surface area contributed by atoms with Crippen LogP contribution < -0.4 is 15.8 Å². The van der Waals surface area contributed by atoms with Gasteiger partial charge in [-0.1, -0.05) is 6.07 Å². The molecule has 4 heterocycles. The first kappa shape index (κ1) is 25.0. The van der Waals surface area contributed by atoms with E-state index < -0.39 is 11.9 Å². The van der Waals surface area contributed by atoms with Crippen molar-refractivity contribution in [3.63, 3.8) is 0 Å². The normalized spacial score (nSPS) is 37.0. The third kappa shape index (κ3) is 3.96. The number of imide groups is 1. The Morgan fingerprint density at radius 1 is 0.950 bits per heavy atom. The van der Waals surface area contributed by atoms with Gasteiger partial charge in [-0.15, -0.1) is 0 Å². The maximum Gasteiger partial charge on any atom is 0.264 e. The van der Waals surface area contributed by atoms with Crippen molar-refractivity contribution in [1.29, 1.82) is 0 Å². The minimum absolute atomic E-state index is 0.170. The van der Waals surface area contributed by atoms with Gasteiger partial charge in [0.05, 0.1) is 16.6 Å². The van der Waals surface area contributed by atoms with Gasteiger partial charge in [0.25, 0.3) is 5.56 Å². The van der Waals surface area contributed by atoms with Crippen LogP contribution in [0.1, 0.15) is 82.5 Å². The summed E-state index contributed by atoms with van der Waals surface area (Å²) in [6, 6.07) is 6.08. The average Bonchev–Trinajstić information content (AvgIpc) is 3.16. The van der Waals surface area contributed by atoms with Gasteiger partial charge in [0.15, 0.2) is 0 Å². The Kier molecular flexibility index (Phi) is 5.71. The Morgan fingerprint density at radius 3 is 2.27 bits per heavy atom. The molecule has 1 aromatic carbocycles. The summed E-state index contributed by atoms with van der Waals surface area (Å²) in [5.41, 5.74) is 2.10. The number of piperazine rings is 1. The Morgan fingerprint density at radius 2 is 1.62 bits per heavy atom. The minimum Gasteiger partial charge on any atom is -0.362 e. The lowest BCUT2D eigenvalue weighted by atomic mass is 9.49. The first-order valence-corrected chi connectivity index (χ1v) is 15.7. The monoisotopic (exact) mass is 543 g/mol. The van der Waals surface area contributed by atoms with Crippen LogP contribution >= 0.6 is 0 Å². The molecule has 40 heavy (non-hydrogen) atoms. The van der Waals surface area contributed by atoms with E-state index in [4.69, 9.17) is 4.98 Å². The summed E-state index contributed by atoms with van der Waals surface area (Å²) >= 11 is 0. The number of amides is 2. The van der Waals surface area contributed by atoms with Crippen molar-refractivity contribution in [3.05, 3.63) is 34.4 Å². The van der Waals surface area contributed by atoms with Crippen molar-refractivity contribution >= 4 is 28.4 Å². The van der Waals surface area contributed by atoms with Crippen molar-refractivity contribution in [2.75, 3.05) is 24.5 Å². The fraction of sp³-hybridized carbons (Fsp3) is 0.688. The zero-order chi connectivity index (χ0) is 27.2. The fourth-order valence-corrected chi connectivity index (χ4v) is 10.4. The molecule has 0 unspecified atom stereocenters. The number of aromatic nitrogens is 2. The first-order chi connectivity index (χ1) is 19.4. The van der Waals surface area contributed by atoms with Crippen LogP contribution in [0.5, 0.6) is 0 Å². The van der Waals surface area contributed by atoms with E-state index in [1.807, 2.05) is 12.1 Å². The molecule has 4 saturated carbocycles. The average molecular weight is 544 g/mol. The quantitative estimate of drug-likeness (QED) is 0.575. The van der Waals surface area contributed by atoms with E-state index >= 15 is 0 Å². The van der Waals surface area contributed by atoms with Gasteiger partial charge in [0.2, 0.25) is 11.8 Å². The number of benzene rings is 1. The summed E-state index contributed by atoms with van der Waals surface area (Å²) in [5.74, 6) is 2.85. The summed E-state index contributed by atoms with van der Waals surface area (Å²) in [5, 5.41) is 3.02. The SMILES string of the molecule is Cc1nc2cccc(N3[C@@H]4CC[C@@H]3CN(CCC35CC6CC(CC(C6)C3)C5)C4)c2c(=O)n1[C@@H]1CCC(=O)NC1=O. The number of rotatable bonds is 5. The van der Waals surface area contributed by atoms with Gasteiger partial charge in [-0.05, 0) is 113 Å². The lowest BCUT2D eigenvalue weighted by Gasteiger charge is -2.57. The number of carbonyl (C=O) groups excluding carboxylic acids is 2. The number of anilines is 1. The number of carbonyl (C=O) groups is 2. The second kappa shape index (κ2) is 9.13. The molecule has 3 saturated heterocycles. The number of fused-ring (bicyclic) bond motifs is 3. The molecule has 9 rings (SSSR count). The minimum atomic E-state index is -0.701. The van der Waals surface area contributed by atoms with E-state index in [2.05, 4.69) is 21.2 Å².